The number of benzene rings is 1. The average molecular weight is 405 g/mol. The van der Waals surface area contributed by atoms with Crippen LogP contribution in [0.25, 0.3) is 17.0 Å². The highest BCUT2D eigenvalue weighted by Crippen LogP contribution is 2.31. The Hall–Kier alpha value is -2.36. The highest BCUT2D eigenvalue weighted by atomic mass is 35.5. The fourth-order valence-electron chi connectivity index (χ4n) is 2.53. The molecule has 1 aromatic heterocycles. The normalized spacial score (nSPS) is 18.4. The van der Waals surface area contributed by atoms with Gasteiger partial charge in [0.15, 0.2) is 16.2 Å². The fraction of sp³-hybridized carbons (Fsp3) is 0.0625. The van der Waals surface area contributed by atoms with Crippen LogP contribution < -0.4 is 5.43 Å². The number of rotatable bonds is 1. The largest absolute Gasteiger partial charge is 0.462 e. The number of para-hydroxylation sites is 1. The molecule has 0 saturated carbocycles. The predicted octanol–water partition coefficient (Wildman–Crippen LogP) is 3.39. The second kappa shape index (κ2) is 6.42. The Balaban J connectivity index is 1.84. The Morgan fingerprint density at radius 2 is 2.19 bits per heavy atom. The fourth-order valence-corrected chi connectivity index (χ4v) is 4.20. The van der Waals surface area contributed by atoms with Crippen molar-refractivity contribution in [1.82, 2.24) is 4.90 Å². The van der Waals surface area contributed by atoms with E-state index in [-0.39, 0.29) is 28.0 Å². The van der Waals surface area contributed by atoms with Gasteiger partial charge < -0.3 is 4.42 Å². The zero-order valence-corrected chi connectivity index (χ0v) is 15.5. The van der Waals surface area contributed by atoms with Gasteiger partial charge in [-0.05, 0) is 24.5 Å². The number of amidine groups is 3. The first-order valence-electron chi connectivity index (χ1n) is 7.24. The zero-order valence-electron chi connectivity index (χ0n) is 13.1. The molecule has 2 aromatic rings. The Bertz CT molecular complexity index is 1140. The van der Waals surface area contributed by atoms with E-state index in [9.17, 15) is 9.59 Å². The van der Waals surface area contributed by atoms with Crippen molar-refractivity contribution >= 4 is 74.4 Å². The molecule has 2 aliphatic heterocycles. The predicted molar refractivity (Wildman–Crippen MR) is 106 cm³/mol. The average Bonchev–Trinajstić information content (AvgIpc) is 3.04. The summed E-state index contributed by atoms with van der Waals surface area (Å²) < 4.78 is 9.63. The van der Waals surface area contributed by atoms with E-state index in [0.29, 0.717) is 20.7 Å². The van der Waals surface area contributed by atoms with Crippen LogP contribution in [0, 0.1) is 5.41 Å². The minimum Gasteiger partial charge on any atom is -0.462 e. The summed E-state index contributed by atoms with van der Waals surface area (Å²) in [6.45, 7) is 0. The molecule has 2 aliphatic rings. The summed E-state index contributed by atoms with van der Waals surface area (Å²) in [5, 5.41) is 9.86. The molecule has 0 unspecified atom stereocenters. The van der Waals surface area contributed by atoms with Crippen LogP contribution in [0.4, 0.5) is 0 Å². The van der Waals surface area contributed by atoms with Gasteiger partial charge in [-0.1, -0.05) is 29.4 Å². The first-order valence-corrected chi connectivity index (χ1v) is 9.61. The number of hydrogen-bond donors (Lipinski definition) is 1. The third kappa shape index (κ3) is 2.59. The molecule has 10 heteroatoms. The smallest absolute Gasteiger partial charge is 0.283 e. The van der Waals surface area contributed by atoms with Crippen molar-refractivity contribution < 1.29 is 9.21 Å². The van der Waals surface area contributed by atoms with Gasteiger partial charge in [0.05, 0.1) is 33.5 Å². The first kappa shape index (κ1) is 17.1. The summed E-state index contributed by atoms with van der Waals surface area (Å²) in [4.78, 5) is 30.4. The van der Waals surface area contributed by atoms with Gasteiger partial charge in [0.25, 0.3) is 5.91 Å². The van der Waals surface area contributed by atoms with Crippen molar-refractivity contribution in [3.8, 4) is 0 Å². The topological polar surface area (TPSA) is 99.1 Å². The maximum Gasteiger partial charge on any atom is 0.283 e. The van der Waals surface area contributed by atoms with Gasteiger partial charge in [-0.2, -0.15) is 9.39 Å². The van der Waals surface area contributed by atoms with E-state index in [1.54, 1.807) is 18.2 Å². The lowest BCUT2D eigenvalue weighted by Crippen LogP contribution is -2.41. The van der Waals surface area contributed by atoms with E-state index in [1.165, 1.54) is 29.0 Å². The maximum atomic E-state index is 12.7. The van der Waals surface area contributed by atoms with Crippen molar-refractivity contribution in [2.75, 3.05) is 6.26 Å². The van der Waals surface area contributed by atoms with Crippen molar-refractivity contribution in [2.45, 2.75) is 0 Å². The van der Waals surface area contributed by atoms with Crippen molar-refractivity contribution in [3.05, 3.63) is 50.8 Å². The molecule has 1 amide bonds. The number of thioether (sulfide) groups is 1. The van der Waals surface area contributed by atoms with Gasteiger partial charge >= 0.3 is 0 Å². The molecule has 0 radical (unpaired) electrons. The van der Waals surface area contributed by atoms with Gasteiger partial charge in [0.1, 0.15) is 12.1 Å². The van der Waals surface area contributed by atoms with Crippen LogP contribution in [0.3, 0.4) is 0 Å². The summed E-state index contributed by atoms with van der Waals surface area (Å²) in [5.41, 5.74) is 0.0679. The highest BCUT2D eigenvalue weighted by molar-refractivity contribution is 8.18. The quantitative estimate of drug-likeness (QED) is 0.577. The van der Waals surface area contributed by atoms with E-state index in [1.807, 2.05) is 6.26 Å². The van der Waals surface area contributed by atoms with Crippen LogP contribution in [0.15, 0.2) is 48.6 Å². The molecule has 0 bridgehead atoms. The summed E-state index contributed by atoms with van der Waals surface area (Å²) in [5.74, 6) is -0.680. The molecule has 26 heavy (non-hydrogen) atoms. The van der Waals surface area contributed by atoms with Gasteiger partial charge in [-0.25, -0.2) is 4.90 Å². The molecule has 0 saturated heterocycles. The minimum atomic E-state index is -0.600. The lowest BCUT2D eigenvalue weighted by Gasteiger charge is -2.23. The molecular weight excluding hydrogens is 396 g/mol. The molecule has 130 valence electrons. The number of nitrogens with one attached hydrogen (secondary N) is 1. The van der Waals surface area contributed by atoms with E-state index in [0.717, 1.165) is 11.9 Å². The SMILES string of the molecule is CSC1=NSC2=NC(=O)C(=Cc3coc4c(Cl)cccc4c3=O)C(=N)N12. The minimum absolute atomic E-state index is 0.00771. The van der Waals surface area contributed by atoms with Crippen LogP contribution in [0.1, 0.15) is 5.56 Å². The van der Waals surface area contributed by atoms with E-state index in [4.69, 9.17) is 21.4 Å². The van der Waals surface area contributed by atoms with Crippen molar-refractivity contribution in [3.63, 3.8) is 0 Å². The van der Waals surface area contributed by atoms with Crippen LogP contribution in [0.5, 0.6) is 0 Å². The molecule has 3 heterocycles. The molecular formula is C16H9ClN4O3S2. The highest BCUT2D eigenvalue weighted by Gasteiger charge is 2.37. The number of carbonyl (C=O) groups excluding carboxylic acids is 1. The van der Waals surface area contributed by atoms with E-state index >= 15 is 0 Å². The third-order valence-corrected chi connectivity index (χ3v) is 5.51. The Labute approximate surface area is 160 Å². The summed E-state index contributed by atoms with van der Waals surface area (Å²) >= 11 is 8.41. The third-order valence-electron chi connectivity index (χ3n) is 3.75. The molecule has 0 spiro atoms. The summed E-state index contributed by atoms with van der Waals surface area (Å²) in [7, 11) is 0. The van der Waals surface area contributed by atoms with Gasteiger partial charge in [0, 0.05) is 0 Å². The Morgan fingerprint density at radius 1 is 1.38 bits per heavy atom. The monoisotopic (exact) mass is 404 g/mol. The van der Waals surface area contributed by atoms with Crippen molar-refractivity contribution in [1.29, 1.82) is 5.41 Å². The second-order valence-corrected chi connectivity index (χ2v) is 7.16. The zero-order chi connectivity index (χ0) is 18.4. The maximum absolute atomic E-state index is 12.7. The molecule has 0 aliphatic carbocycles. The van der Waals surface area contributed by atoms with Crippen LogP contribution in [-0.2, 0) is 4.79 Å². The number of carbonyl (C=O) groups is 1. The molecule has 4 rings (SSSR count). The molecule has 1 aromatic carbocycles. The van der Waals surface area contributed by atoms with Gasteiger partial charge in [0.2, 0.25) is 5.17 Å². The second-order valence-electron chi connectivity index (χ2n) is 5.25. The van der Waals surface area contributed by atoms with Gasteiger partial charge in [-0.3, -0.25) is 15.0 Å². The lowest BCUT2D eigenvalue weighted by molar-refractivity contribution is -0.114. The molecule has 1 N–H and O–H groups in total. The van der Waals surface area contributed by atoms with E-state index < -0.39 is 5.91 Å². The van der Waals surface area contributed by atoms with Crippen LogP contribution >= 0.6 is 35.3 Å². The number of nitrogens with zero attached hydrogens (tertiary/aromatic N) is 3. The molecule has 0 atom stereocenters. The summed E-state index contributed by atoms with van der Waals surface area (Å²) in [6.07, 6.45) is 4.36. The number of fused-ring (bicyclic) bond motifs is 2. The lowest BCUT2D eigenvalue weighted by atomic mass is 10.1. The Morgan fingerprint density at radius 3 is 2.96 bits per heavy atom. The Kier molecular flexibility index (Phi) is 4.22. The van der Waals surface area contributed by atoms with Crippen LogP contribution in [0.2, 0.25) is 5.02 Å². The number of aliphatic imine (C=N–C) groups is 1. The molecule has 7 nitrogen and oxygen atoms in total. The number of halogens is 1. The number of amides is 1. The first-order chi connectivity index (χ1) is 12.5. The standard InChI is InChI=1S/C16H9ClN4O3S2/c1-25-16-20-26-15-19-14(23)9(13(18)21(15)16)5-7-6-24-12-8(11(7)22)3-2-4-10(12)17/h2-6,18H,1H3. The van der Waals surface area contributed by atoms with Gasteiger partial charge in [-0.15, -0.1) is 0 Å². The number of hydrogen-bond acceptors (Lipinski definition) is 7. The van der Waals surface area contributed by atoms with E-state index in [2.05, 4.69) is 9.39 Å². The van der Waals surface area contributed by atoms with Crippen LogP contribution in [-0.4, -0.2) is 33.2 Å². The molecule has 0 fully saturated rings. The van der Waals surface area contributed by atoms with Crippen molar-refractivity contribution in [2.24, 2.45) is 9.39 Å². The summed E-state index contributed by atoms with van der Waals surface area (Å²) in [6, 6.07) is 4.86.